The first kappa shape index (κ1) is 15.9. The van der Waals surface area contributed by atoms with Crippen molar-refractivity contribution < 1.29 is 0 Å². The molecule has 0 spiro atoms. The third-order valence-electron chi connectivity index (χ3n) is 1.17. The van der Waals surface area contributed by atoms with Crippen LogP contribution < -0.4 is 5.73 Å². The summed E-state index contributed by atoms with van der Waals surface area (Å²) in [5.74, 6) is 0. The number of nitrogens with one attached hydrogen (secondary N) is 2. The first-order valence-corrected chi connectivity index (χ1v) is 5.36. The van der Waals surface area contributed by atoms with Gasteiger partial charge in [-0.2, -0.15) is 0 Å². The molecule has 3 heteroatoms. The zero-order chi connectivity index (χ0) is 12.1. The Morgan fingerprint density at radius 2 is 2.00 bits per heavy atom. The molecule has 0 saturated heterocycles. The molecule has 0 aliphatic heterocycles. The number of H-pyrrole nitrogens is 1. The van der Waals surface area contributed by atoms with Crippen molar-refractivity contribution >= 4 is 11.9 Å². The first-order chi connectivity index (χ1) is 7.26. The quantitative estimate of drug-likeness (QED) is 0.642. The molecule has 86 valence electrons. The standard InChI is InChI=1S/C7H9N3.C3H8.C2H6/c8-4-3-6(9)7-2-1-5-10-7;1-3-2;1-2/h1-5,8,10H,9H2;3H2,1-2H3;1-2H3/b6-3+,8-4?;;. The van der Waals surface area contributed by atoms with E-state index in [9.17, 15) is 0 Å². The van der Waals surface area contributed by atoms with Gasteiger partial charge in [0.1, 0.15) is 0 Å². The van der Waals surface area contributed by atoms with Crippen LogP contribution in [-0.2, 0) is 0 Å². The minimum atomic E-state index is 0.583. The zero-order valence-corrected chi connectivity index (χ0v) is 10.2. The lowest BCUT2D eigenvalue weighted by Crippen LogP contribution is -1.95. The second-order valence-corrected chi connectivity index (χ2v) is 2.58. The molecular weight excluding hydrogens is 186 g/mol. The van der Waals surface area contributed by atoms with Gasteiger partial charge in [-0.1, -0.05) is 34.1 Å². The largest absolute Gasteiger partial charge is 0.397 e. The fraction of sp³-hybridized carbons (Fsp3) is 0.417. The van der Waals surface area contributed by atoms with Gasteiger partial charge in [0.2, 0.25) is 0 Å². The van der Waals surface area contributed by atoms with Gasteiger partial charge in [0.05, 0.1) is 11.4 Å². The number of hydrogen-bond donors (Lipinski definition) is 3. The van der Waals surface area contributed by atoms with E-state index in [0.717, 1.165) is 11.9 Å². The van der Waals surface area contributed by atoms with Crippen molar-refractivity contribution in [2.45, 2.75) is 34.1 Å². The predicted octanol–water partition coefficient (Wildman–Crippen LogP) is 3.41. The molecule has 4 N–H and O–H groups in total. The van der Waals surface area contributed by atoms with E-state index in [-0.39, 0.29) is 0 Å². The van der Waals surface area contributed by atoms with Crippen LogP contribution in [0.5, 0.6) is 0 Å². The summed E-state index contributed by atoms with van der Waals surface area (Å²) in [6.07, 6.45) is 5.74. The van der Waals surface area contributed by atoms with Crippen LogP contribution in [0.3, 0.4) is 0 Å². The minimum Gasteiger partial charge on any atom is -0.397 e. The topological polar surface area (TPSA) is 65.7 Å². The van der Waals surface area contributed by atoms with Crippen LogP contribution in [0.4, 0.5) is 0 Å². The predicted molar refractivity (Wildman–Crippen MR) is 69.1 cm³/mol. The Hall–Kier alpha value is -1.51. The Kier molecular flexibility index (Phi) is 13.3. The summed E-state index contributed by atoms with van der Waals surface area (Å²) in [5, 5.41) is 6.74. The highest BCUT2D eigenvalue weighted by atomic mass is 14.7. The van der Waals surface area contributed by atoms with E-state index in [4.69, 9.17) is 11.1 Å². The summed E-state index contributed by atoms with van der Waals surface area (Å²) in [5.41, 5.74) is 6.96. The number of hydrogen-bond acceptors (Lipinski definition) is 2. The molecule has 1 aromatic heterocycles. The molecule has 1 rings (SSSR count). The van der Waals surface area contributed by atoms with E-state index in [0.29, 0.717) is 5.70 Å². The van der Waals surface area contributed by atoms with Crippen molar-refractivity contribution in [3.63, 3.8) is 0 Å². The van der Waals surface area contributed by atoms with Crippen molar-refractivity contribution in [1.29, 1.82) is 5.41 Å². The Balaban J connectivity index is 0. The SMILES string of the molecule is CC.CCC.N=C/C=C(/N)c1ccc[nH]1. The van der Waals surface area contributed by atoms with Gasteiger partial charge < -0.3 is 16.1 Å². The Bertz CT molecular complexity index is 248. The van der Waals surface area contributed by atoms with Crippen LogP contribution in [0.25, 0.3) is 5.70 Å². The number of aromatic nitrogens is 1. The molecule has 1 heterocycles. The number of aromatic amines is 1. The van der Waals surface area contributed by atoms with Crippen molar-refractivity contribution in [2.75, 3.05) is 0 Å². The molecule has 3 nitrogen and oxygen atoms in total. The van der Waals surface area contributed by atoms with Crippen LogP contribution in [0.1, 0.15) is 39.8 Å². The molecule has 0 amide bonds. The highest BCUT2D eigenvalue weighted by Crippen LogP contribution is 2.02. The maximum absolute atomic E-state index is 6.74. The van der Waals surface area contributed by atoms with E-state index < -0.39 is 0 Å². The van der Waals surface area contributed by atoms with Gasteiger partial charge in [-0.05, 0) is 18.2 Å². The maximum Gasteiger partial charge on any atom is 0.0614 e. The van der Waals surface area contributed by atoms with Crippen molar-refractivity contribution in [3.8, 4) is 0 Å². The summed E-state index contributed by atoms with van der Waals surface area (Å²) in [4.78, 5) is 2.93. The fourth-order valence-electron chi connectivity index (χ4n) is 0.689. The lowest BCUT2D eigenvalue weighted by Gasteiger charge is -1.92. The minimum absolute atomic E-state index is 0.583. The van der Waals surface area contributed by atoms with Gasteiger partial charge in [-0.25, -0.2) is 0 Å². The molecule has 0 fully saturated rings. The molecule has 0 aliphatic rings. The second-order valence-electron chi connectivity index (χ2n) is 2.58. The third kappa shape index (κ3) is 8.81. The summed E-state index contributed by atoms with van der Waals surface area (Å²) in [7, 11) is 0. The molecule has 0 aliphatic carbocycles. The highest BCUT2D eigenvalue weighted by Gasteiger charge is 1.92. The van der Waals surface area contributed by atoms with Crippen molar-refractivity contribution in [1.82, 2.24) is 4.98 Å². The molecule has 15 heavy (non-hydrogen) atoms. The van der Waals surface area contributed by atoms with E-state index >= 15 is 0 Å². The van der Waals surface area contributed by atoms with Gasteiger partial charge in [0.25, 0.3) is 0 Å². The fourth-order valence-corrected chi connectivity index (χ4v) is 0.689. The Morgan fingerprint density at radius 1 is 1.47 bits per heavy atom. The van der Waals surface area contributed by atoms with Crippen LogP contribution >= 0.6 is 0 Å². The second kappa shape index (κ2) is 12.5. The van der Waals surface area contributed by atoms with Crippen LogP contribution in [0.2, 0.25) is 0 Å². The maximum atomic E-state index is 6.74. The highest BCUT2D eigenvalue weighted by molar-refractivity contribution is 5.80. The molecular formula is C12H23N3. The molecule has 0 bridgehead atoms. The smallest absolute Gasteiger partial charge is 0.0614 e. The van der Waals surface area contributed by atoms with Crippen LogP contribution in [-0.4, -0.2) is 11.2 Å². The Labute approximate surface area is 92.9 Å². The average Bonchev–Trinajstić information content (AvgIpc) is 2.75. The lowest BCUT2D eigenvalue weighted by molar-refractivity contribution is 1.09. The monoisotopic (exact) mass is 209 g/mol. The molecule has 0 aromatic carbocycles. The molecule has 1 aromatic rings. The Morgan fingerprint density at radius 3 is 2.33 bits per heavy atom. The number of allylic oxidation sites excluding steroid dienone is 1. The van der Waals surface area contributed by atoms with E-state index in [1.165, 1.54) is 12.5 Å². The molecule has 0 radical (unpaired) electrons. The van der Waals surface area contributed by atoms with Crippen molar-refractivity contribution in [2.24, 2.45) is 5.73 Å². The number of rotatable bonds is 2. The van der Waals surface area contributed by atoms with Gasteiger partial charge in [-0.15, -0.1) is 0 Å². The van der Waals surface area contributed by atoms with E-state index in [1.807, 2.05) is 26.0 Å². The summed E-state index contributed by atoms with van der Waals surface area (Å²) >= 11 is 0. The molecule has 0 unspecified atom stereocenters. The van der Waals surface area contributed by atoms with Gasteiger partial charge in [0.15, 0.2) is 0 Å². The van der Waals surface area contributed by atoms with Crippen molar-refractivity contribution in [3.05, 3.63) is 30.1 Å². The van der Waals surface area contributed by atoms with Gasteiger partial charge in [-0.3, -0.25) is 0 Å². The molecule has 0 saturated carbocycles. The summed E-state index contributed by atoms with van der Waals surface area (Å²) in [6, 6.07) is 3.72. The van der Waals surface area contributed by atoms with E-state index in [1.54, 1.807) is 6.20 Å². The first-order valence-electron chi connectivity index (χ1n) is 5.36. The van der Waals surface area contributed by atoms with E-state index in [2.05, 4.69) is 18.8 Å². The average molecular weight is 209 g/mol. The van der Waals surface area contributed by atoms with Crippen LogP contribution in [0, 0.1) is 5.41 Å². The third-order valence-corrected chi connectivity index (χ3v) is 1.17. The lowest BCUT2D eigenvalue weighted by atomic mass is 10.3. The van der Waals surface area contributed by atoms with Gasteiger partial charge in [0, 0.05) is 12.4 Å². The summed E-state index contributed by atoms with van der Waals surface area (Å²) in [6.45, 7) is 8.25. The van der Waals surface area contributed by atoms with Gasteiger partial charge >= 0.3 is 0 Å². The molecule has 0 atom stereocenters. The summed E-state index contributed by atoms with van der Waals surface area (Å²) < 4.78 is 0. The number of nitrogens with two attached hydrogens (primary N) is 1. The zero-order valence-electron chi connectivity index (χ0n) is 10.2. The normalized spacial score (nSPS) is 9.20. The van der Waals surface area contributed by atoms with Crippen LogP contribution in [0.15, 0.2) is 24.4 Å².